The average molecular weight is 221 g/mol. The number of allylic oxidation sites excluding steroid dienone is 4. The van der Waals surface area contributed by atoms with Crippen LogP contribution in [0.3, 0.4) is 0 Å². The van der Waals surface area contributed by atoms with Gasteiger partial charge in [-0.05, 0) is 12.5 Å². The molecule has 88 valence electrons. The number of hydrogen-bond acceptors (Lipinski definition) is 1. The lowest BCUT2D eigenvalue weighted by Gasteiger charge is -1.95. The van der Waals surface area contributed by atoms with Gasteiger partial charge in [-0.2, -0.15) is 13.2 Å². The molecule has 0 aromatic heterocycles. The third-order valence-electron chi connectivity index (χ3n) is 1.21. The van der Waals surface area contributed by atoms with Crippen LogP contribution in [0.15, 0.2) is 24.3 Å². The Hall–Kier alpha value is -1.06. The van der Waals surface area contributed by atoms with Crippen LogP contribution in [-0.2, 0) is 0 Å². The first-order chi connectivity index (χ1) is 6.95. The Bertz CT molecular complexity index is 214. The standard InChI is InChI=1S/C9H12F3N.C2H6/c1-2-5-8(13)6-3-4-7-9(10,11)12;1-2/h3-4,6-7,13H,2,5H2,1H3;1-2H3/b6-3-,7-4+,13-8?;. The van der Waals surface area contributed by atoms with Gasteiger partial charge in [0.2, 0.25) is 0 Å². The lowest BCUT2D eigenvalue weighted by Crippen LogP contribution is -1.99. The number of halogens is 3. The highest BCUT2D eigenvalue weighted by Crippen LogP contribution is 2.15. The fourth-order valence-corrected chi connectivity index (χ4v) is 0.689. The van der Waals surface area contributed by atoms with Gasteiger partial charge in [0.1, 0.15) is 0 Å². The minimum atomic E-state index is -4.27. The predicted octanol–water partition coefficient (Wildman–Crippen LogP) is 4.51. The van der Waals surface area contributed by atoms with Crippen molar-refractivity contribution in [3.05, 3.63) is 24.3 Å². The van der Waals surface area contributed by atoms with E-state index in [0.29, 0.717) is 12.1 Å². The van der Waals surface area contributed by atoms with Crippen LogP contribution in [-0.4, -0.2) is 11.9 Å². The number of alkyl halides is 3. The molecule has 0 heterocycles. The predicted molar refractivity (Wildman–Crippen MR) is 58.3 cm³/mol. The van der Waals surface area contributed by atoms with Crippen LogP contribution in [0.5, 0.6) is 0 Å². The smallest absolute Gasteiger partial charge is 0.305 e. The number of hydrogen-bond donors (Lipinski definition) is 1. The first-order valence-corrected chi connectivity index (χ1v) is 4.95. The fourth-order valence-electron chi connectivity index (χ4n) is 0.689. The molecule has 0 saturated heterocycles. The van der Waals surface area contributed by atoms with E-state index in [4.69, 9.17) is 5.41 Å². The van der Waals surface area contributed by atoms with Crippen LogP contribution in [0.1, 0.15) is 33.6 Å². The molecule has 0 radical (unpaired) electrons. The van der Waals surface area contributed by atoms with Crippen molar-refractivity contribution in [3.63, 3.8) is 0 Å². The Labute approximate surface area is 89.2 Å². The summed E-state index contributed by atoms with van der Waals surface area (Å²) in [7, 11) is 0. The number of nitrogens with one attached hydrogen (secondary N) is 1. The Morgan fingerprint density at radius 1 is 1.20 bits per heavy atom. The molecule has 0 aromatic rings. The second kappa shape index (κ2) is 9.49. The monoisotopic (exact) mass is 221 g/mol. The van der Waals surface area contributed by atoms with E-state index in [1.54, 1.807) is 0 Å². The highest BCUT2D eigenvalue weighted by atomic mass is 19.4. The minimum Gasteiger partial charge on any atom is -0.305 e. The van der Waals surface area contributed by atoms with E-state index in [9.17, 15) is 13.2 Å². The summed E-state index contributed by atoms with van der Waals surface area (Å²) in [6.07, 6.45) is 0.782. The Morgan fingerprint density at radius 2 is 1.73 bits per heavy atom. The summed E-state index contributed by atoms with van der Waals surface area (Å²) in [6.45, 7) is 5.91. The molecular formula is C11H18F3N. The SMILES string of the molecule is CC.CCCC(=N)/C=C\C=C\C(F)(F)F. The van der Waals surface area contributed by atoms with Crippen LogP contribution in [0.25, 0.3) is 0 Å². The molecule has 4 heteroatoms. The van der Waals surface area contributed by atoms with Crippen molar-refractivity contribution in [3.8, 4) is 0 Å². The van der Waals surface area contributed by atoms with Crippen LogP contribution in [0.2, 0.25) is 0 Å². The van der Waals surface area contributed by atoms with Crippen molar-refractivity contribution >= 4 is 5.71 Å². The largest absolute Gasteiger partial charge is 0.409 e. The molecule has 1 nitrogen and oxygen atoms in total. The molecule has 0 aliphatic carbocycles. The molecule has 0 aliphatic heterocycles. The van der Waals surface area contributed by atoms with Crippen LogP contribution >= 0.6 is 0 Å². The van der Waals surface area contributed by atoms with Crippen LogP contribution in [0.4, 0.5) is 13.2 Å². The van der Waals surface area contributed by atoms with E-state index in [0.717, 1.165) is 12.5 Å². The lowest BCUT2D eigenvalue weighted by atomic mass is 10.2. The van der Waals surface area contributed by atoms with Crippen molar-refractivity contribution in [1.29, 1.82) is 5.41 Å². The second-order valence-corrected chi connectivity index (χ2v) is 2.54. The summed E-state index contributed by atoms with van der Waals surface area (Å²) in [6, 6.07) is 0. The summed E-state index contributed by atoms with van der Waals surface area (Å²) in [4.78, 5) is 0. The van der Waals surface area contributed by atoms with E-state index in [1.165, 1.54) is 12.2 Å². The topological polar surface area (TPSA) is 23.9 Å². The van der Waals surface area contributed by atoms with Gasteiger partial charge in [0, 0.05) is 11.8 Å². The summed E-state index contributed by atoms with van der Waals surface area (Å²) < 4.78 is 34.7. The Balaban J connectivity index is 0. The van der Waals surface area contributed by atoms with E-state index in [2.05, 4.69) is 0 Å². The molecule has 0 amide bonds. The first-order valence-electron chi connectivity index (χ1n) is 4.95. The molecule has 0 saturated carbocycles. The van der Waals surface area contributed by atoms with Crippen molar-refractivity contribution < 1.29 is 13.2 Å². The normalized spacial score (nSPS) is 11.6. The zero-order valence-electron chi connectivity index (χ0n) is 9.36. The van der Waals surface area contributed by atoms with Gasteiger partial charge in [0.25, 0.3) is 0 Å². The Kier molecular flexibility index (Phi) is 10.4. The molecular weight excluding hydrogens is 203 g/mol. The quantitative estimate of drug-likeness (QED) is 0.533. The van der Waals surface area contributed by atoms with Gasteiger partial charge in [-0.15, -0.1) is 0 Å². The van der Waals surface area contributed by atoms with Crippen LogP contribution in [0, 0.1) is 5.41 Å². The third-order valence-corrected chi connectivity index (χ3v) is 1.21. The second-order valence-electron chi connectivity index (χ2n) is 2.54. The molecule has 0 atom stereocenters. The van der Waals surface area contributed by atoms with Gasteiger partial charge in [0.15, 0.2) is 0 Å². The van der Waals surface area contributed by atoms with Gasteiger partial charge >= 0.3 is 6.18 Å². The maximum Gasteiger partial charge on any atom is 0.409 e. The number of rotatable bonds is 4. The van der Waals surface area contributed by atoms with Crippen molar-refractivity contribution in [2.75, 3.05) is 0 Å². The molecule has 0 unspecified atom stereocenters. The van der Waals surface area contributed by atoms with Gasteiger partial charge in [0.05, 0.1) is 0 Å². The zero-order valence-corrected chi connectivity index (χ0v) is 9.36. The van der Waals surface area contributed by atoms with Crippen molar-refractivity contribution in [2.24, 2.45) is 0 Å². The minimum absolute atomic E-state index is 0.142. The molecule has 1 N–H and O–H groups in total. The first kappa shape index (κ1) is 16.4. The van der Waals surface area contributed by atoms with E-state index in [-0.39, 0.29) is 6.08 Å². The van der Waals surface area contributed by atoms with Gasteiger partial charge in [-0.25, -0.2) is 0 Å². The van der Waals surface area contributed by atoms with Crippen molar-refractivity contribution in [2.45, 2.75) is 39.8 Å². The molecule has 0 spiro atoms. The third kappa shape index (κ3) is 15.7. The van der Waals surface area contributed by atoms with E-state index >= 15 is 0 Å². The van der Waals surface area contributed by atoms with Crippen molar-refractivity contribution in [1.82, 2.24) is 0 Å². The highest BCUT2D eigenvalue weighted by Gasteiger charge is 2.21. The average Bonchev–Trinajstić information content (AvgIpc) is 2.15. The molecule has 15 heavy (non-hydrogen) atoms. The summed E-state index contributed by atoms with van der Waals surface area (Å²) in [5.41, 5.74) is 0.342. The van der Waals surface area contributed by atoms with Gasteiger partial charge in [-0.1, -0.05) is 39.3 Å². The van der Waals surface area contributed by atoms with E-state index in [1.807, 2.05) is 20.8 Å². The molecule has 0 fully saturated rings. The molecule has 0 aliphatic rings. The zero-order chi connectivity index (χ0) is 12.3. The maximum atomic E-state index is 11.6. The molecule has 0 bridgehead atoms. The van der Waals surface area contributed by atoms with Gasteiger partial charge < -0.3 is 5.41 Å². The van der Waals surface area contributed by atoms with Crippen LogP contribution < -0.4 is 0 Å². The van der Waals surface area contributed by atoms with Gasteiger partial charge in [-0.3, -0.25) is 0 Å². The highest BCUT2D eigenvalue weighted by molar-refractivity contribution is 5.92. The lowest BCUT2D eigenvalue weighted by molar-refractivity contribution is -0.0798. The maximum absolute atomic E-state index is 11.6. The Morgan fingerprint density at radius 3 is 2.13 bits per heavy atom. The molecule has 0 rings (SSSR count). The summed E-state index contributed by atoms with van der Waals surface area (Å²) in [5.74, 6) is 0. The summed E-state index contributed by atoms with van der Waals surface area (Å²) in [5, 5.41) is 7.22. The summed E-state index contributed by atoms with van der Waals surface area (Å²) >= 11 is 0. The fraction of sp³-hybridized carbons (Fsp3) is 0.545. The van der Waals surface area contributed by atoms with E-state index < -0.39 is 6.18 Å². The molecule has 0 aromatic carbocycles.